The number of nitrogens with zero attached hydrogens (tertiary/aromatic N) is 1. The normalized spacial score (nSPS) is 10.6. The summed E-state index contributed by atoms with van der Waals surface area (Å²) in [5.41, 5.74) is 5.54. The van der Waals surface area contributed by atoms with Crippen LogP contribution in [0.3, 0.4) is 0 Å². The molecule has 1 aromatic rings. The van der Waals surface area contributed by atoms with E-state index in [0.717, 1.165) is 0 Å². The average molecular weight is 281 g/mol. The van der Waals surface area contributed by atoms with Crippen molar-refractivity contribution in [1.29, 1.82) is 0 Å². The third-order valence-corrected chi connectivity index (χ3v) is 2.45. The number of carbonyl (C=O) groups is 1. The number of nitro groups is 1. The van der Waals surface area contributed by atoms with Gasteiger partial charge in [0.2, 0.25) is 0 Å². The number of carbonyl (C=O) groups excluding carboxylic acids is 1. The molecule has 110 valence electrons. The lowest BCUT2D eigenvalue weighted by molar-refractivity contribution is -0.385. The monoisotopic (exact) mass is 281 g/mol. The lowest BCUT2D eigenvalue weighted by Gasteiger charge is -2.08. The second kappa shape index (κ2) is 7.44. The quantitative estimate of drug-likeness (QED) is 0.341. The van der Waals surface area contributed by atoms with E-state index in [1.54, 1.807) is 0 Å². The Bertz CT molecular complexity index is 489. The highest BCUT2D eigenvalue weighted by Crippen LogP contribution is 2.20. The van der Waals surface area contributed by atoms with E-state index in [1.165, 1.54) is 18.2 Å². The lowest BCUT2D eigenvalue weighted by atomic mass is 10.1. The van der Waals surface area contributed by atoms with Crippen LogP contribution in [0.5, 0.6) is 0 Å². The van der Waals surface area contributed by atoms with Crippen molar-refractivity contribution in [3.8, 4) is 0 Å². The standard InChI is InChI=1S/C13H19N3O4/c1-9(2)8-20-6-5-15-13(17)11-7-10(14)3-4-12(11)16(18)19/h3-4,7,9H,5-6,8,14H2,1-2H3,(H,15,17). The fourth-order valence-electron chi connectivity index (χ4n) is 1.55. The van der Waals surface area contributed by atoms with E-state index in [2.05, 4.69) is 5.32 Å². The van der Waals surface area contributed by atoms with Crippen LogP contribution in [0.15, 0.2) is 18.2 Å². The molecule has 0 spiro atoms. The van der Waals surface area contributed by atoms with Gasteiger partial charge in [0, 0.05) is 24.9 Å². The van der Waals surface area contributed by atoms with Crippen molar-refractivity contribution in [2.45, 2.75) is 13.8 Å². The predicted octanol–water partition coefficient (Wildman–Crippen LogP) is 1.58. The molecule has 0 atom stereocenters. The summed E-state index contributed by atoms with van der Waals surface area (Å²) >= 11 is 0. The van der Waals surface area contributed by atoms with Gasteiger partial charge in [-0.15, -0.1) is 0 Å². The first-order valence-electron chi connectivity index (χ1n) is 6.31. The number of nitrogens with one attached hydrogen (secondary N) is 1. The molecule has 1 amide bonds. The Kier molecular flexibility index (Phi) is 5.92. The van der Waals surface area contributed by atoms with Gasteiger partial charge in [0.25, 0.3) is 11.6 Å². The summed E-state index contributed by atoms with van der Waals surface area (Å²) in [5.74, 6) is -0.113. The van der Waals surface area contributed by atoms with E-state index in [9.17, 15) is 14.9 Å². The number of nitrogens with two attached hydrogens (primary N) is 1. The van der Waals surface area contributed by atoms with E-state index < -0.39 is 10.8 Å². The Morgan fingerprint density at radius 1 is 1.50 bits per heavy atom. The minimum absolute atomic E-state index is 0.0427. The fraction of sp³-hybridized carbons (Fsp3) is 0.462. The molecule has 0 bridgehead atoms. The van der Waals surface area contributed by atoms with E-state index in [4.69, 9.17) is 10.5 Å². The van der Waals surface area contributed by atoms with Gasteiger partial charge in [-0.05, 0) is 18.1 Å². The SMILES string of the molecule is CC(C)COCCNC(=O)c1cc(N)ccc1[N+](=O)[O-]. The van der Waals surface area contributed by atoms with Gasteiger partial charge in [-0.2, -0.15) is 0 Å². The van der Waals surface area contributed by atoms with E-state index in [-0.39, 0.29) is 17.8 Å². The Labute approximate surface area is 117 Å². The predicted molar refractivity (Wildman–Crippen MR) is 75.5 cm³/mol. The van der Waals surface area contributed by atoms with Crippen molar-refractivity contribution < 1.29 is 14.5 Å². The van der Waals surface area contributed by atoms with Gasteiger partial charge in [-0.1, -0.05) is 13.8 Å². The highest BCUT2D eigenvalue weighted by Gasteiger charge is 2.19. The fourth-order valence-corrected chi connectivity index (χ4v) is 1.55. The smallest absolute Gasteiger partial charge is 0.282 e. The second-order valence-electron chi connectivity index (χ2n) is 4.76. The molecule has 0 aliphatic carbocycles. The van der Waals surface area contributed by atoms with Crippen molar-refractivity contribution in [3.05, 3.63) is 33.9 Å². The maximum Gasteiger partial charge on any atom is 0.282 e. The molecule has 0 saturated carbocycles. The summed E-state index contributed by atoms with van der Waals surface area (Å²) in [4.78, 5) is 22.1. The van der Waals surface area contributed by atoms with Crippen molar-refractivity contribution in [3.63, 3.8) is 0 Å². The van der Waals surface area contributed by atoms with Crippen molar-refractivity contribution in [2.75, 3.05) is 25.5 Å². The number of anilines is 1. The molecule has 0 heterocycles. The molecule has 0 radical (unpaired) electrons. The molecule has 0 aromatic heterocycles. The number of hydrogen-bond acceptors (Lipinski definition) is 5. The first-order valence-corrected chi connectivity index (χ1v) is 6.31. The number of rotatable bonds is 7. The minimum atomic E-state index is -0.608. The first-order chi connectivity index (χ1) is 9.41. The zero-order chi connectivity index (χ0) is 15.1. The molecule has 0 saturated heterocycles. The summed E-state index contributed by atoms with van der Waals surface area (Å²) < 4.78 is 5.31. The van der Waals surface area contributed by atoms with Crippen LogP contribution >= 0.6 is 0 Å². The average Bonchev–Trinajstić information content (AvgIpc) is 2.37. The van der Waals surface area contributed by atoms with Crippen molar-refractivity contribution >= 4 is 17.3 Å². The van der Waals surface area contributed by atoms with Crippen LogP contribution in [0.2, 0.25) is 0 Å². The number of hydrogen-bond donors (Lipinski definition) is 2. The lowest BCUT2D eigenvalue weighted by Crippen LogP contribution is -2.28. The molecular formula is C13H19N3O4. The van der Waals surface area contributed by atoms with E-state index in [1.807, 2.05) is 13.8 Å². The Morgan fingerprint density at radius 3 is 2.80 bits per heavy atom. The molecular weight excluding hydrogens is 262 g/mol. The number of nitrogen functional groups attached to an aromatic ring is 1. The molecule has 7 nitrogen and oxygen atoms in total. The van der Waals surface area contributed by atoms with Gasteiger partial charge in [0.1, 0.15) is 5.56 Å². The Hall–Kier alpha value is -2.15. The highest BCUT2D eigenvalue weighted by atomic mass is 16.6. The zero-order valence-electron chi connectivity index (χ0n) is 11.6. The van der Waals surface area contributed by atoms with Crippen molar-refractivity contribution in [1.82, 2.24) is 5.32 Å². The van der Waals surface area contributed by atoms with Crippen LogP contribution in [-0.4, -0.2) is 30.6 Å². The number of nitro benzene ring substituents is 1. The van der Waals surface area contributed by atoms with Crippen molar-refractivity contribution in [2.24, 2.45) is 5.92 Å². The highest BCUT2D eigenvalue weighted by molar-refractivity contribution is 5.99. The van der Waals surface area contributed by atoms with Gasteiger partial charge in [0.05, 0.1) is 11.5 Å². The largest absolute Gasteiger partial charge is 0.399 e. The van der Waals surface area contributed by atoms with Gasteiger partial charge in [-0.3, -0.25) is 14.9 Å². The van der Waals surface area contributed by atoms with Crippen LogP contribution in [0.25, 0.3) is 0 Å². The molecule has 0 fully saturated rings. The zero-order valence-corrected chi connectivity index (χ0v) is 11.6. The maximum absolute atomic E-state index is 11.9. The van der Waals surface area contributed by atoms with Crippen LogP contribution in [0, 0.1) is 16.0 Å². The number of benzene rings is 1. The Balaban J connectivity index is 2.59. The molecule has 0 aliphatic rings. The third kappa shape index (κ3) is 4.85. The van der Waals surface area contributed by atoms with Crippen LogP contribution < -0.4 is 11.1 Å². The van der Waals surface area contributed by atoms with Gasteiger partial charge in [-0.25, -0.2) is 0 Å². The van der Waals surface area contributed by atoms with Crippen LogP contribution in [0.4, 0.5) is 11.4 Å². The van der Waals surface area contributed by atoms with Crippen LogP contribution in [0.1, 0.15) is 24.2 Å². The first kappa shape index (κ1) is 15.9. The Morgan fingerprint density at radius 2 is 2.20 bits per heavy atom. The summed E-state index contributed by atoms with van der Waals surface area (Å²) in [7, 11) is 0. The molecule has 20 heavy (non-hydrogen) atoms. The minimum Gasteiger partial charge on any atom is -0.399 e. The second-order valence-corrected chi connectivity index (χ2v) is 4.76. The summed E-state index contributed by atoms with van der Waals surface area (Å²) in [5, 5.41) is 13.4. The summed E-state index contributed by atoms with van der Waals surface area (Å²) in [6.45, 7) is 5.30. The molecule has 3 N–H and O–H groups in total. The number of ether oxygens (including phenoxy) is 1. The summed E-state index contributed by atoms with van der Waals surface area (Å²) in [6, 6.07) is 3.91. The van der Waals surface area contributed by atoms with E-state index >= 15 is 0 Å². The molecule has 1 aromatic carbocycles. The molecule has 1 rings (SSSR count). The van der Waals surface area contributed by atoms with E-state index in [0.29, 0.717) is 24.8 Å². The maximum atomic E-state index is 11.9. The van der Waals surface area contributed by atoms with Crippen LogP contribution in [-0.2, 0) is 4.74 Å². The molecule has 0 unspecified atom stereocenters. The topological polar surface area (TPSA) is 107 Å². The number of amides is 1. The van der Waals surface area contributed by atoms with Gasteiger partial charge >= 0.3 is 0 Å². The molecule has 7 heteroatoms. The molecule has 0 aliphatic heterocycles. The third-order valence-electron chi connectivity index (χ3n) is 2.45. The summed E-state index contributed by atoms with van der Waals surface area (Å²) in [6.07, 6.45) is 0. The van der Waals surface area contributed by atoms with Gasteiger partial charge in [0.15, 0.2) is 0 Å². The van der Waals surface area contributed by atoms with Gasteiger partial charge < -0.3 is 15.8 Å².